The van der Waals surface area contributed by atoms with Gasteiger partial charge in [-0.25, -0.2) is 12.7 Å². The number of hydrogen-bond donors (Lipinski definition) is 1. The molecule has 0 aliphatic heterocycles. The zero-order valence-corrected chi connectivity index (χ0v) is 11.6. The van der Waals surface area contributed by atoms with E-state index in [1.807, 2.05) is 6.07 Å². The molecule has 2 aromatic carbocycles. The molecule has 4 nitrogen and oxygen atoms in total. The highest BCUT2D eigenvalue weighted by Gasteiger charge is 2.16. The Labute approximate surface area is 113 Å². The van der Waals surface area contributed by atoms with Crippen molar-refractivity contribution in [1.82, 2.24) is 4.31 Å². The average molecular weight is 277 g/mol. The van der Waals surface area contributed by atoms with Gasteiger partial charge in [0.05, 0.1) is 4.90 Å². The number of nitrogens with zero attached hydrogens (tertiary/aromatic N) is 1. The van der Waals surface area contributed by atoms with Crippen LogP contribution in [0, 0.1) is 0 Å². The topological polar surface area (TPSA) is 57.6 Å². The van der Waals surface area contributed by atoms with Gasteiger partial charge in [-0.05, 0) is 35.4 Å². The maximum absolute atomic E-state index is 11.9. The van der Waals surface area contributed by atoms with Crippen molar-refractivity contribution in [3.05, 3.63) is 48.5 Å². The molecular formula is C14H15NO3S. The summed E-state index contributed by atoms with van der Waals surface area (Å²) in [5.74, 6) is 0.183. The quantitative estimate of drug-likeness (QED) is 0.936. The molecule has 5 heteroatoms. The van der Waals surface area contributed by atoms with E-state index in [0.717, 1.165) is 11.1 Å². The Balaban J connectivity index is 2.39. The standard InChI is InChI=1S/C14H15NO3S/c1-15(2)19(17,18)14-8-6-11(7-9-14)12-4-3-5-13(16)10-12/h3-10,16H,1-2H3. The number of aromatic hydroxyl groups is 1. The second kappa shape index (κ2) is 5.03. The molecule has 0 aromatic heterocycles. The van der Waals surface area contributed by atoms with Crippen LogP contribution < -0.4 is 0 Å². The van der Waals surface area contributed by atoms with E-state index in [1.54, 1.807) is 42.5 Å². The van der Waals surface area contributed by atoms with Crippen LogP contribution in [0.25, 0.3) is 11.1 Å². The van der Waals surface area contributed by atoms with Gasteiger partial charge in [0.25, 0.3) is 0 Å². The number of phenols is 1. The van der Waals surface area contributed by atoms with Crippen LogP contribution in [0.2, 0.25) is 0 Å². The lowest BCUT2D eigenvalue weighted by molar-refractivity contribution is 0.475. The van der Waals surface area contributed by atoms with Crippen LogP contribution in [0.1, 0.15) is 0 Å². The molecule has 0 aliphatic carbocycles. The second-order valence-corrected chi connectivity index (χ2v) is 6.51. The first kappa shape index (κ1) is 13.6. The minimum atomic E-state index is -3.40. The van der Waals surface area contributed by atoms with Crippen LogP contribution in [0.4, 0.5) is 0 Å². The largest absolute Gasteiger partial charge is 0.508 e. The van der Waals surface area contributed by atoms with E-state index < -0.39 is 10.0 Å². The predicted octanol–water partition coefficient (Wildman–Crippen LogP) is 2.31. The highest BCUT2D eigenvalue weighted by molar-refractivity contribution is 7.89. The summed E-state index contributed by atoms with van der Waals surface area (Å²) in [6.45, 7) is 0. The summed E-state index contributed by atoms with van der Waals surface area (Å²) in [5, 5.41) is 9.43. The van der Waals surface area contributed by atoms with Gasteiger partial charge >= 0.3 is 0 Å². The molecular weight excluding hydrogens is 262 g/mol. The third kappa shape index (κ3) is 2.77. The van der Waals surface area contributed by atoms with Crippen LogP contribution in [-0.4, -0.2) is 31.9 Å². The van der Waals surface area contributed by atoms with Crippen LogP contribution in [-0.2, 0) is 10.0 Å². The maximum atomic E-state index is 11.9. The molecule has 0 fully saturated rings. The molecule has 0 atom stereocenters. The fourth-order valence-corrected chi connectivity index (χ4v) is 2.62. The fourth-order valence-electron chi connectivity index (χ4n) is 1.72. The van der Waals surface area contributed by atoms with Crippen molar-refractivity contribution in [3.8, 4) is 16.9 Å². The molecule has 0 saturated heterocycles. The van der Waals surface area contributed by atoms with Gasteiger partial charge in [-0.15, -0.1) is 0 Å². The van der Waals surface area contributed by atoms with E-state index in [-0.39, 0.29) is 10.6 Å². The van der Waals surface area contributed by atoms with Crippen molar-refractivity contribution >= 4 is 10.0 Å². The Hall–Kier alpha value is -1.85. The van der Waals surface area contributed by atoms with Gasteiger partial charge in [-0.2, -0.15) is 0 Å². The van der Waals surface area contributed by atoms with Crippen LogP contribution >= 0.6 is 0 Å². The molecule has 2 rings (SSSR count). The van der Waals surface area contributed by atoms with Gasteiger partial charge in [-0.1, -0.05) is 24.3 Å². The maximum Gasteiger partial charge on any atom is 0.242 e. The fraction of sp³-hybridized carbons (Fsp3) is 0.143. The normalized spacial score (nSPS) is 11.7. The number of hydrogen-bond acceptors (Lipinski definition) is 3. The van der Waals surface area contributed by atoms with Crippen molar-refractivity contribution in [2.24, 2.45) is 0 Å². The van der Waals surface area contributed by atoms with Gasteiger partial charge in [0.2, 0.25) is 10.0 Å². The highest BCUT2D eigenvalue weighted by Crippen LogP contribution is 2.24. The Kier molecular flexibility index (Phi) is 3.59. The lowest BCUT2D eigenvalue weighted by Crippen LogP contribution is -2.22. The first-order chi connectivity index (χ1) is 8.91. The second-order valence-electron chi connectivity index (χ2n) is 4.36. The lowest BCUT2D eigenvalue weighted by Gasteiger charge is -2.11. The first-order valence-corrected chi connectivity index (χ1v) is 7.17. The first-order valence-electron chi connectivity index (χ1n) is 5.73. The van der Waals surface area contributed by atoms with Crippen molar-refractivity contribution in [1.29, 1.82) is 0 Å². The summed E-state index contributed by atoms with van der Waals surface area (Å²) in [4.78, 5) is 0.251. The van der Waals surface area contributed by atoms with Crippen LogP contribution in [0.3, 0.4) is 0 Å². The van der Waals surface area contributed by atoms with Gasteiger partial charge in [0.15, 0.2) is 0 Å². The third-order valence-corrected chi connectivity index (χ3v) is 4.64. The van der Waals surface area contributed by atoms with Crippen molar-refractivity contribution in [3.63, 3.8) is 0 Å². The lowest BCUT2D eigenvalue weighted by atomic mass is 10.1. The zero-order chi connectivity index (χ0) is 14.0. The minimum Gasteiger partial charge on any atom is -0.508 e. The Morgan fingerprint density at radius 1 is 0.947 bits per heavy atom. The van der Waals surface area contributed by atoms with Crippen molar-refractivity contribution in [2.45, 2.75) is 4.90 Å². The number of benzene rings is 2. The monoisotopic (exact) mass is 277 g/mol. The smallest absolute Gasteiger partial charge is 0.242 e. The molecule has 0 unspecified atom stereocenters. The summed E-state index contributed by atoms with van der Waals surface area (Å²) < 4.78 is 25.0. The van der Waals surface area contributed by atoms with Gasteiger partial charge in [0, 0.05) is 14.1 Å². The SMILES string of the molecule is CN(C)S(=O)(=O)c1ccc(-c2cccc(O)c2)cc1. The van der Waals surface area contributed by atoms with E-state index in [0.29, 0.717) is 0 Å². The predicted molar refractivity (Wildman–Crippen MR) is 74.4 cm³/mol. The van der Waals surface area contributed by atoms with E-state index in [9.17, 15) is 13.5 Å². The molecule has 0 bridgehead atoms. The Bertz CT molecular complexity index is 676. The number of phenolic OH excluding ortho intramolecular Hbond substituents is 1. The van der Waals surface area contributed by atoms with Gasteiger partial charge < -0.3 is 5.11 Å². The van der Waals surface area contributed by atoms with Gasteiger partial charge in [-0.3, -0.25) is 0 Å². The summed E-state index contributed by atoms with van der Waals surface area (Å²) in [5.41, 5.74) is 1.70. The molecule has 100 valence electrons. The Morgan fingerprint density at radius 3 is 2.11 bits per heavy atom. The zero-order valence-electron chi connectivity index (χ0n) is 10.7. The van der Waals surface area contributed by atoms with Crippen molar-refractivity contribution in [2.75, 3.05) is 14.1 Å². The van der Waals surface area contributed by atoms with Crippen LogP contribution in [0.5, 0.6) is 5.75 Å². The summed E-state index contributed by atoms with van der Waals surface area (Å²) in [7, 11) is -0.403. The number of rotatable bonds is 3. The van der Waals surface area contributed by atoms with Crippen LogP contribution in [0.15, 0.2) is 53.4 Å². The average Bonchev–Trinajstić information content (AvgIpc) is 2.38. The molecule has 0 heterocycles. The molecule has 2 aromatic rings. The number of sulfonamides is 1. The molecule has 0 spiro atoms. The molecule has 0 saturated carbocycles. The summed E-state index contributed by atoms with van der Waals surface area (Å²) >= 11 is 0. The third-order valence-electron chi connectivity index (χ3n) is 2.81. The van der Waals surface area contributed by atoms with Crippen molar-refractivity contribution < 1.29 is 13.5 Å². The molecule has 19 heavy (non-hydrogen) atoms. The van der Waals surface area contributed by atoms with E-state index in [4.69, 9.17) is 0 Å². The highest BCUT2D eigenvalue weighted by atomic mass is 32.2. The summed E-state index contributed by atoms with van der Waals surface area (Å²) in [6.07, 6.45) is 0. The molecule has 0 radical (unpaired) electrons. The molecule has 1 N–H and O–H groups in total. The summed E-state index contributed by atoms with van der Waals surface area (Å²) in [6, 6.07) is 13.4. The Morgan fingerprint density at radius 2 is 1.58 bits per heavy atom. The van der Waals surface area contributed by atoms with E-state index in [2.05, 4.69) is 0 Å². The van der Waals surface area contributed by atoms with E-state index in [1.165, 1.54) is 18.4 Å². The molecule has 0 aliphatic rings. The van der Waals surface area contributed by atoms with E-state index >= 15 is 0 Å². The molecule has 0 amide bonds. The van der Waals surface area contributed by atoms with Gasteiger partial charge in [0.1, 0.15) is 5.75 Å². The minimum absolute atomic E-state index is 0.183.